The third-order valence-electron chi connectivity index (χ3n) is 4.28. The molecule has 2 N–H and O–H groups in total. The molecule has 0 bridgehead atoms. The van der Waals surface area contributed by atoms with Crippen LogP contribution in [-0.4, -0.2) is 33.5 Å². The van der Waals surface area contributed by atoms with Gasteiger partial charge in [0.2, 0.25) is 15.9 Å². The first-order valence-corrected chi connectivity index (χ1v) is 11.5. The lowest BCUT2D eigenvalue weighted by Crippen LogP contribution is -2.15. The zero-order chi connectivity index (χ0) is 22.3. The van der Waals surface area contributed by atoms with E-state index in [1.165, 1.54) is 18.7 Å². The molecule has 0 saturated heterocycles. The van der Waals surface area contributed by atoms with E-state index in [2.05, 4.69) is 23.9 Å². The Hall–Kier alpha value is -2.87. The second-order valence-electron chi connectivity index (χ2n) is 7.56. The smallest absolute Gasteiger partial charge is 0.229 e. The summed E-state index contributed by atoms with van der Waals surface area (Å²) in [5.74, 6) is 0.432. The summed E-state index contributed by atoms with van der Waals surface area (Å²) in [6.45, 7) is 4.28. The van der Waals surface area contributed by atoms with Gasteiger partial charge in [0.05, 0.1) is 19.1 Å². The van der Waals surface area contributed by atoms with Crippen molar-refractivity contribution in [2.75, 3.05) is 23.4 Å². The predicted octanol–water partition coefficient (Wildman–Crippen LogP) is 3.87. The highest BCUT2D eigenvalue weighted by Gasteiger charge is 2.13. The maximum atomic E-state index is 12.4. The second kappa shape index (κ2) is 10.2. The molecule has 0 aromatic heterocycles. The van der Waals surface area contributed by atoms with Gasteiger partial charge in [-0.15, -0.1) is 0 Å². The van der Waals surface area contributed by atoms with E-state index < -0.39 is 10.0 Å². The first-order valence-electron chi connectivity index (χ1n) is 9.65. The van der Waals surface area contributed by atoms with Gasteiger partial charge in [0.1, 0.15) is 5.75 Å². The number of hydrogen-bond acceptors (Lipinski definition) is 5. The van der Waals surface area contributed by atoms with E-state index in [1.54, 1.807) is 24.3 Å². The number of methoxy groups -OCH3 is 1. The molecule has 0 fully saturated rings. The molecular formula is C22H28N2O5S. The SMILES string of the molecule is COc1ccc(NC(=O)CCC(=O)c2ccc(CC(C)C)cc2)cc1NS(C)(=O)=O. The summed E-state index contributed by atoms with van der Waals surface area (Å²) in [6.07, 6.45) is 2.08. The molecule has 0 aliphatic rings. The Morgan fingerprint density at radius 1 is 1.03 bits per heavy atom. The van der Waals surface area contributed by atoms with Crippen LogP contribution in [0.25, 0.3) is 0 Å². The fourth-order valence-corrected chi connectivity index (χ4v) is 3.52. The zero-order valence-electron chi connectivity index (χ0n) is 17.7. The fraction of sp³-hybridized carbons (Fsp3) is 0.364. The molecule has 8 heteroatoms. The summed E-state index contributed by atoms with van der Waals surface area (Å²) in [6, 6.07) is 12.1. The van der Waals surface area contributed by atoms with Gasteiger partial charge in [0.15, 0.2) is 5.78 Å². The number of ketones is 1. The van der Waals surface area contributed by atoms with Crippen LogP contribution in [0.3, 0.4) is 0 Å². The van der Waals surface area contributed by atoms with Gasteiger partial charge in [-0.05, 0) is 36.1 Å². The summed E-state index contributed by atoms with van der Waals surface area (Å²) < 4.78 is 30.5. The summed E-state index contributed by atoms with van der Waals surface area (Å²) in [4.78, 5) is 24.6. The van der Waals surface area contributed by atoms with Gasteiger partial charge in [-0.2, -0.15) is 0 Å². The molecule has 1 amide bonds. The van der Waals surface area contributed by atoms with Crippen LogP contribution in [-0.2, 0) is 21.2 Å². The minimum atomic E-state index is -3.50. The van der Waals surface area contributed by atoms with Crippen LogP contribution in [0.5, 0.6) is 5.75 Å². The monoisotopic (exact) mass is 432 g/mol. The van der Waals surface area contributed by atoms with Gasteiger partial charge in [0.25, 0.3) is 0 Å². The quantitative estimate of drug-likeness (QED) is 0.555. The summed E-state index contributed by atoms with van der Waals surface area (Å²) in [7, 11) is -2.09. The zero-order valence-corrected chi connectivity index (χ0v) is 18.5. The molecule has 0 atom stereocenters. The van der Waals surface area contributed by atoms with E-state index in [0.717, 1.165) is 12.7 Å². The van der Waals surface area contributed by atoms with E-state index in [0.29, 0.717) is 22.9 Å². The number of ether oxygens (including phenoxy) is 1. The molecule has 0 aliphatic heterocycles. The largest absolute Gasteiger partial charge is 0.495 e. The third kappa shape index (κ3) is 7.51. The summed E-state index contributed by atoms with van der Waals surface area (Å²) >= 11 is 0. The van der Waals surface area contributed by atoms with Crippen LogP contribution in [0.15, 0.2) is 42.5 Å². The van der Waals surface area contributed by atoms with Crippen molar-refractivity contribution in [3.05, 3.63) is 53.6 Å². The van der Waals surface area contributed by atoms with E-state index in [-0.39, 0.29) is 30.2 Å². The highest BCUT2D eigenvalue weighted by Crippen LogP contribution is 2.28. The molecule has 30 heavy (non-hydrogen) atoms. The van der Waals surface area contributed by atoms with Crippen molar-refractivity contribution in [2.24, 2.45) is 5.92 Å². The Balaban J connectivity index is 1.95. The number of carbonyl (C=O) groups is 2. The van der Waals surface area contributed by atoms with Crippen LogP contribution in [0.4, 0.5) is 11.4 Å². The van der Waals surface area contributed by atoms with Crippen LogP contribution in [0.2, 0.25) is 0 Å². The molecule has 0 aliphatic carbocycles. The molecule has 0 unspecified atom stereocenters. The predicted molar refractivity (Wildman–Crippen MR) is 119 cm³/mol. The lowest BCUT2D eigenvalue weighted by molar-refractivity contribution is -0.116. The maximum absolute atomic E-state index is 12.4. The van der Waals surface area contributed by atoms with Gasteiger partial charge in [-0.1, -0.05) is 38.1 Å². The van der Waals surface area contributed by atoms with Crippen molar-refractivity contribution in [2.45, 2.75) is 33.1 Å². The highest BCUT2D eigenvalue weighted by atomic mass is 32.2. The molecule has 0 saturated carbocycles. The first-order chi connectivity index (χ1) is 14.1. The van der Waals surface area contributed by atoms with Crippen molar-refractivity contribution in [3.63, 3.8) is 0 Å². The molecule has 2 aromatic carbocycles. The lowest BCUT2D eigenvalue weighted by atomic mass is 9.99. The molecule has 7 nitrogen and oxygen atoms in total. The summed E-state index contributed by atoms with van der Waals surface area (Å²) in [5, 5.41) is 2.68. The number of Topliss-reactive ketones (excluding diaryl/α,β-unsaturated/α-hetero) is 1. The van der Waals surface area contributed by atoms with E-state index in [9.17, 15) is 18.0 Å². The van der Waals surface area contributed by atoms with Crippen molar-refractivity contribution in [1.82, 2.24) is 0 Å². The minimum absolute atomic E-state index is 0.0213. The van der Waals surface area contributed by atoms with Gasteiger partial charge >= 0.3 is 0 Å². The normalized spacial score (nSPS) is 11.2. The third-order valence-corrected chi connectivity index (χ3v) is 4.87. The van der Waals surface area contributed by atoms with Crippen LogP contribution in [0, 0.1) is 5.92 Å². The van der Waals surface area contributed by atoms with Crippen LogP contribution < -0.4 is 14.8 Å². The molecule has 0 heterocycles. The molecule has 0 radical (unpaired) electrons. The molecule has 2 aromatic rings. The fourth-order valence-electron chi connectivity index (χ4n) is 2.96. The molecular weight excluding hydrogens is 404 g/mol. The molecule has 0 spiro atoms. The second-order valence-corrected chi connectivity index (χ2v) is 9.30. The number of carbonyl (C=O) groups excluding carboxylic acids is 2. The molecule has 2 rings (SSSR count). The standard InChI is InChI=1S/C22H28N2O5S/c1-15(2)13-16-5-7-17(8-6-16)20(25)10-12-22(26)23-18-9-11-21(29-3)19(14-18)24-30(4,27)28/h5-9,11,14-15,24H,10,12-13H2,1-4H3,(H,23,26). The Morgan fingerprint density at radius 3 is 2.27 bits per heavy atom. The van der Waals surface area contributed by atoms with Crippen molar-refractivity contribution in [3.8, 4) is 5.75 Å². The number of anilines is 2. The maximum Gasteiger partial charge on any atom is 0.229 e. The summed E-state index contributed by atoms with van der Waals surface area (Å²) in [5.41, 5.74) is 2.38. The topological polar surface area (TPSA) is 102 Å². The van der Waals surface area contributed by atoms with Crippen LogP contribution in [0.1, 0.15) is 42.6 Å². The Bertz CT molecular complexity index is 999. The minimum Gasteiger partial charge on any atom is -0.495 e. The Labute approximate surface area is 177 Å². The first kappa shape index (κ1) is 23.4. The number of rotatable bonds is 10. The van der Waals surface area contributed by atoms with E-state index in [4.69, 9.17) is 4.74 Å². The number of nitrogens with one attached hydrogen (secondary N) is 2. The van der Waals surface area contributed by atoms with E-state index in [1.807, 2.05) is 12.1 Å². The van der Waals surface area contributed by atoms with Gasteiger partial charge in [-0.25, -0.2) is 8.42 Å². The molecule has 162 valence electrons. The number of hydrogen-bond donors (Lipinski definition) is 2. The average Bonchev–Trinajstić information content (AvgIpc) is 2.65. The van der Waals surface area contributed by atoms with Gasteiger partial charge < -0.3 is 10.1 Å². The number of benzene rings is 2. The highest BCUT2D eigenvalue weighted by molar-refractivity contribution is 7.92. The van der Waals surface area contributed by atoms with Crippen molar-refractivity contribution in [1.29, 1.82) is 0 Å². The Kier molecular flexibility index (Phi) is 8.00. The van der Waals surface area contributed by atoms with Gasteiger partial charge in [0, 0.05) is 24.1 Å². The average molecular weight is 433 g/mol. The van der Waals surface area contributed by atoms with Crippen molar-refractivity contribution >= 4 is 33.1 Å². The Morgan fingerprint density at radius 2 is 1.70 bits per heavy atom. The number of amides is 1. The number of sulfonamides is 1. The van der Waals surface area contributed by atoms with Crippen LogP contribution >= 0.6 is 0 Å². The van der Waals surface area contributed by atoms with Gasteiger partial charge in [-0.3, -0.25) is 14.3 Å². The lowest BCUT2D eigenvalue weighted by Gasteiger charge is -2.12. The van der Waals surface area contributed by atoms with Crippen molar-refractivity contribution < 1.29 is 22.7 Å². The van der Waals surface area contributed by atoms with E-state index >= 15 is 0 Å².